The highest BCUT2D eigenvalue weighted by Crippen LogP contribution is 2.35. The number of hydrogen-bond acceptors (Lipinski definition) is 2. The first kappa shape index (κ1) is 11.7. The zero-order chi connectivity index (χ0) is 11.1. The minimum absolute atomic E-state index is 0.171. The molecular weight excluding hydrogens is 190 g/mol. The van der Waals surface area contributed by atoms with Gasteiger partial charge >= 0.3 is 0 Å². The maximum atomic E-state index is 4.60. The molecule has 0 aliphatic heterocycles. The summed E-state index contributed by atoms with van der Waals surface area (Å²) < 4.78 is 4.60. The second-order valence-corrected chi connectivity index (χ2v) is 6.76. The van der Waals surface area contributed by atoms with Crippen LogP contribution in [0.5, 0.6) is 0 Å². The average molecular weight is 211 g/mol. The van der Waals surface area contributed by atoms with E-state index in [1.54, 1.807) is 11.5 Å². The Bertz CT molecular complexity index is 292. The molecule has 80 valence electrons. The van der Waals surface area contributed by atoms with Gasteiger partial charge in [-0.1, -0.05) is 41.5 Å². The third-order valence-corrected chi connectivity index (χ3v) is 3.69. The predicted molar refractivity (Wildman–Crippen MR) is 64.3 cm³/mol. The first-order valence-electron chi connectivity index (χ1n) is 5.11. The summed E-state index contributed by atoms with van der Waals surface area (Å²) in [4.78, 5) is 1.42. The topological polar surface area (TPSA) is 12.9 Å². The number of aromatic nitrogens is 1. The van der Waals surface area contributed by atoms with E-state index in [9.17, 15) is 0 Å². The fourth-order valence-electron chi connectivity index (χ4n) is 1.73. The minimum Gasteiger partial charge on any atom is -0.197 e. The summed E-state index contributed by atoms with van der Waals surface area (Å²) in [6.07, 6.45) is 0. The highest BCUT2D eigenvalue weighted by Gasteiger charge is 2.26. The van der Waals surface area contributed by atoms with Gasteiger partial charge in [0.25, 0.3) is 0 Å². The maximum Gasteiger partial charge on any atom is 0.0627 e. The first-order chi connectivity index (χ1) is 6.14. The Morgan fingerprint density at radius 1 is 0.929 bits per heavy atom. The van der Waals surface area contributed by atoms with Gasteiger partial charge in [0.15, 0.2) is 0 Å². The standard InChI is InChI=1S/C12H21NS/c1-8-9(11(2,3)4)13-14-10(8)12(5,6)7/h1-7H3. The molecule has 0 saturated heterocycles. The largest absolute Gasteiger partial charge is 0.197 e. The summed E-state index contributed by atoms with van der Waals surface area (Å²) in [6, 6.07) is 0. The number of nitrogens with zero attached hydrogens (tertiary/aromatic N) is 1. The lowest BCUT2D eigenvalue weighted by molar-refractivity contribution is 0.563. The van der Waals surface area contributed by atoms with Crippen LogP contribution < -0.4 is 0 Å². The zero-order valence-corrected chi connectivity index (χ0v) is 11.2. The molecule has 0 fully saturated rings. The van der Waals surface area contributed by atoms with Gasteiger partial charge in [-0.2, -0.15) is 4.37 Å². The van der Waals surface area contributed by atoms with Gasteiger partial charge in [0.1, 0.15) is 0 Å². The second-order valence-electron chi connectivity index (χ2n) is 5.99. The molecule has 0 N–H and O–H groups in total. The molecule has 0 atom stereocenters. The molecule has 0 aliphatic rings. The molecule has 14 heavy (non-hydrogen) atoms. The van der Waals surface area contributed by atoms with Crippen molar-refractivity contribution in [2.45, 2.75) is 59.3 Å². The van der Waals surface area contributed by atoms with Crippen LogP contribution in [0.1, 0.15) is 57.7 Å². The molecule has 1 aromatic heterocycles. The fraction of sp³-hybridized carbons (Fsp3) is 0.750. The van der Waals surface area contributed by atoms with Gasteiger partial charge in [-0.3, -0.25) is 0 Å². The van der Waals surface area contributed by atoms with Crippen LogP contribution in [-0.4, -0.2) is 4.37 Å². The predicted octanol–water partition coefficient (Wildman–Crippen LogP) is 4.05. The SMILES string of the molecule is Cc1c(C(C)(C)C)nsc1C(C)(C)C. The highest BCUT2D eigenvalue weighted by atomic mass is 32.1. The van der Waals surface area contributed by atoms with Crippen molar-refractivity contribution >= 4 is 11.5 Å². The monoisotopic (exact) mass is 211 g/mol. The van der Waals surface area contributed by atoms with Crippen LogP contribution in [0.2, 0.25) is 0 Å². The Morgan fingerprint density at radius 3 is 1.64 bits per heavy atom. The van der Waals surface area contributed by atoms with Crippen molar-refractivity contribution in [1.82, 2.24) is 4.37 Å². The summed E-state index contributed by atoms with van der Waals surface area (Å²) in [5.74, 6) is 0. The van der Waals surface area contributed by atoms with E-state index >= 15 is 0 Å². The van der Waals surface area contributed by atoms with Crippen molar-refractivity contribution in [3.63, 3.8) is 0 Å². The van der Waals surface area contributed by atoms with E-state index in [2.05, 4.69) is 52.8 Å². The van der Waals surface area contributed by atoms with Crippen LogP contribution in [0.4, 0.5) is 0 Å². The molecule has 0 bridgehead atoms. The Labute approximate surface area is 91.7 Å². The van der Waals surface area contributed by atoms with Crippen LogP contribution in [0.15, 0.2) is 0 Å². The van der Waals surface area contributed by atoms with Crippen LogP contribution in [0.25, 0.3) is 0 Å². The fourth-order valence-corrected chi connectivity index (χ4v) is 2.84. The smallest absolute Gasteiger partial charge is 0.0627 e. The van der Waals surface area contributed by atoms with Crippen molar-refractivity contribution in [3.05, 3.63) is 16.1 Å². The Morgan fingerprint density at radius 2 is 1.43 bits per heavy atom. The van der Waals surface area contributed by atoms with Crippen LogP contribution in [0, 0.1) is 6.92 Å². The summed E-state index contributed by atoms with van der Waals surface area (Å²) in [5, 5.41) is 0. The Hall–Kier alpha value is -0.370. The highest BCUT2D eigenvalue weighted by molar-refractivity contribution is 7.06. The lowest BCUT2D eigenvalue weighted by Gasteiger charge is -2.20. The van der Waals surface area contributed by atoms with Gasteiger partial charge in [0, 0.05) is 10.3 Å². The van der Waals surface area contributed by atoms with Crippen molar-refractivity contribution in [1.29, 1.82) is 0 Å². The van der Waals surface area contributed by atoms with Crippen molar-refractivity contribution in [3.8, 4) is 0 Å². The van der Waals surface area contributed by atoms with E-state index in [-0.39, 0.29) is 10.8 Å². The third-order valence-electron chi connectivity index (χ3n) is 2.32. The molecule has 0 radical (unpaired) electrons. The quantitative estimate of drug-likeness (QED) is 0.631. The molecule has 2 heteroatoms. The Kier molecular flexibility index (Phi) is 2.79. The zero-order valence-electron chi connectivity index (χ0n) is 10.4. The van der Waals surface area contributed by atoms with E-state index in [1.165, 1.54) is 16.1 Å². The molecule has 0 aliphatic carbocycles. The normalized spacial score (nSPS) is 13.4. The van der Waals surface area contributed by atoms with Gasteiger partial charge in [0.2, 0.25) is 0 Å². The van der Waals surface area contributed by atoms with Gasteiger partial charge in [0.05, 0.1) is 5.69 Å². The first-order valence-corrected chi connectivity index (χ1v) is 5.88. The van der Waals surface area contributed by atoms with Gasteiger partial charge in [-0.15, -0.1) is 0 Å². The van der Waals surface area contributed by atoms with Crippen molar-refractivity contribution in [2.75, 3.05) is 0 Å². The second kappa shape index (κ2) is 3.34. The molecule has 0 unspecified atom stereocenters. The molecular formula is C12H21NS. The number of rotatable bonds is 0. The van der Waals surface area contributed by atoms with E-state index in [0.717, 1.165) is 0 Å². The maximum absolute atomic E-state index is 4.60. The third kappa shape index (κ3) is 2.17. The average Bonchev–Trinajstić information content (AvgIpc) is 2.26. The lowest BCUT2D eigenvalue weighted by atomic mass is 9.85. The van der Waals surface area contributed by atoms with Crippen LogP contribution in [-0.2, 0) is 10.8 Å². The van der Waals surface area contributed by atoms with Gasteiger partial charge < -0.3 is 0 Å². The van der Waals surface area contributed by atoms with E-state index in [1.807, 2.05) is 0 Å². The minimum atomic E-state index is 0.171. The molecule has 1 heterocycles. The number of hydrogen-bond donors (Lipinski definition) is 0. The summed E-state index contributed by atoms with van der Waals surface area (Å²) in [5.41, 5.74) is 3.04. The van der Waals surface area contributed by atoms with Gasteiger partial charge in [-0.05, 0) is 29.4 Å². The van der Waals surface area contributed by atoms with E-state index in [0.29, 0.717) is 0 Å². The summed E-state index contributed by atoms with van der Waals surface area (Å²) >= 11 is 1.66. The molecule has 1 nitrogen and oxygen atoms in total. The summed E-state index contributed by atoms with van der Waals surface area (Å²) in [7, 11) is 0. The van der Waals surface area contributed by atoms with Crippen LogP contribution >= 0.6 is 11.5 Å². The lowest BCUT2D eigenvalue weighted by Crippen LogP contribution is -2.15. The molecule has 1 aromatic rings. The van der Waals surface area contributed by atoms with E-state index in [4.69, 9.17) is 0 Å². The van der Waals surface area contributed by atoms with E-state index < -0.39 is 0 Å². The molecule has 0 amide bonds. The van der Waals surface area contributed by atoms with Gasteiger partial charge in [-0.25, -0.2) is 0 Å². The molecule has 0 aromatic carbocycles. The molecule has 1 rings (SSSR count). The summed E-state index contributed by atoms with van der Waals surface area (Å²) in [6.45, 7) is 15.6. The van der Waals surface area contributed by atoms with Crippen molar-refractivity contribution in [2.24, 2.45) is 0 Å². The molecule has 0 spiro atoms. The van der Waals surface area contributed by atoms with Crippen molar-refractivity contribution < 1.29 is 0 Å². The van der Waals surface area contributed by atoms with Crippen LogP contribution in [0.3, 0.4) is 0 Å². The molecule has 0 saturated carbocycles. The Balaban J connectivity index is 3.23.